The minimum absolute atomic E-state index is 0.0119. The highest BCUT2D eigenvalue weighted by atomic mass is 16.3. The van der Waals surface area contributed by atoms with Crippen molar-refractivity contribution < 1.29 is 5.11 Å². The highest BCUT2D eigenvalue weighted by Gasteiger charge is 2.42. The Labute approximate surface area is 105 Å². The van der Waals surface area contributed by atoms with Gasteiger partial charge in [0.15, 0.2) is 0 Å². The second kappa shape index (κ2) is 5.40. The molecule has 2 aliphatic carbocycles. The highest BCUT2D eigenvalue weighted by molar-refractivity contribution is 5.04. The van der Waals surface area contributed by atoms with Crippen LogP contribution in [-0.2, 0) is 0 Å². The first-order valence-electron chi connectivity index (χ1n) is 7.25. The van der Waals surface area contributed by atoms with Gasteiger partial charge >= 0.3 is 0 Å². The molecule has 2 nitrogen and oxygen atoms in total. The maximum atomic E-state index is 9.47. The molecule has 2 fully saturated rings. The lowest BCUT2D eigenvalue weighted by Crippen LogP contribution is -2.37. The van der Waals surface area contributed by atoms with E-state index in [1.165, 1.54) is 25.7 Å². The molecule has 0 spiro atoms. The van der Waals surface area contributed by atoms with Crippen LogP contribution in [-0.4, -0.2) is 11.7 Å². The Kier molecular flexibility index (Phi) is 4.09. The molecule has 2 rings (SSSR count). The van der Waals surface area contributed by atoms with Crippen LogP contribution in [0.4, 0.5) is 0 Å². The summed E-state index contributed by atoms with van der Waals surface area (Å²) in [6, 6.07) is 2.63. The second-order valence-corrected chi connectivity index (χ2v) is 6.27. The molecule has 0 heterocycles. The largest absolute Gasteiger partial charge is 0.396 e. The van der Waals surface area contributed by atoms with E-state index in [9.17, 15) is 10.4 Å². The number of nitrogens with zero attached hydrogens (tertiary/aromatic N) is 1. The zero-order valence-corrected chi connectivity index (χ0v) is 11.0. The molecule has 17 heavy (non-hydrogen) atoms. The number of aliphatic hydroxyl groups is 1. The van der Waals surface area contributed by atoms with Gasteiger partial charge < -0.3 is 5.11 Å². The first-order valence-corrected chi connectivity index (χ1v) is 7.25. The average Bonchev–Trinajstić information content (AvgIpc) is 2.38. The van der Waals surface area contributed by atoms with Crippen molar-refractivity contribution in [3.63, 3.8) is 0 Å². The third-order valence-corrected chi connectivity index (χ3v) is 5.12. The van der Waals surface area contributed by atoms with Crippen molar-refractivity contribution in [1.29, 1.82) is 5.26 Å². The molecule has 0 aromatic carbocycles. The fourth-order valence-corrected chi connectivity index (χ4v) is 4.14. The maximum Gasteiger partial charge on any atom is 0.0689 e. The van der Waals surface area contributed by atoms with Crippen molar-refractivity contribution in [2.75, 3.05) is 6.61 Å². The monoisotopic (exact) mass is 235 g/mol. The number of fused-ring (bicyclic) bond motifs is 1. The molecular formula is C15H25NO. The fraction of sp³-hybridized carbons (Fsp3) is 0.933. The van der Waals surface area contributed by atoms with Crippen LogP contribution in [0.15, 0.2) is 0 Å². The third kappa shape index (κ3) is 2.65. The van der Waals surface area contributed by atoms with Crippen LogP contribution in [0.5, 0.6) is 0 Å². The predicted molar refractivity (Wildman–Crippen MR) is 68.2 cm³/mol. The normalized spacial score (nSPS) is 41.6. The summed E-state index contributed by atoms with van der Waals surface area (Å²) in [5.41, 5.74) is -0.0119. The standard InChI is InChI=1S/C15H25NO/c1-2-6-15(11-16)7-5-13-8-12(10-17)3-4-14(13)9-15/h12-14,17H,2-10H2,1H3/t12?,13-,14?,15+/m1/s1. The number of rotatable bonds is 3. The molecule has 0 amide bonds. The summed E-state index contributed by atoms with van der Waals surface area (Å²) in [7, 11) is 0. The Hall–Kier alpha value is -0.550. The van der Waals surface area contributed by atoms with Gasteiger partial charge in [-0.15, -0.1) is 0 Å². The van der Waals surface area contributed by atoms with Crippen LogP contribution in [0.3, 0.4) is 0 Å². The molecule has 2 aliphatic rings. The first-order chi connectivity index (χ1) is 8.23. The van der Waals surface area contributed by atoms with Gasteiger partial charge in [-0.05, 0) is 62.7 Å². The number of nitriles is 1. The minimum atomic E-state index is -0.0119. The van der Waals surface area contributed by atoms with Gasteiger partial charge in [0.1, 0.15) is 0 Å². The summed E-state index contributed by atoms with van der Waals surface area (Å²) in [6.07, 6.45) is 9.26. The van der Waals surface area contributed by atoms with Crippen LogP contribution in [0.1, 0.15) is 58.3 Å². The summed E-state index contributed by atoms with van der Waals surface area (Å²) in [5, 5.41) is 18.7. The molecule has 0 bridgehead atoms. The van der Waals surface area contributed by atoms with E-state index in [4.69, 9.17) is 0 Å². The highest BCUT2D eigenvalue weighted by Crippen LogP contribution is 2.50. The molecule has 0 aliphatic heterocycles. The lowest BCUT2D eigenvalue weighted by atomic mass is 9.59. The second-order valence-electron chi connectivity index (χ2n) is 6.27. The summed E-state index contributed by atoms with van der Waals surface area (Å²) in [5.74, 6) is 2.09. The summed E-state index contributed by atoms with van der Waals surface area (Å²) in [4.78, 5) is 0. The van der Waals surface area contributed by atoms with Crippen LogP contribution in [0.2, 0.25) is 0 Å². The lowest BCUT2D eigenvalue weighted by Gasteiger charge is -2.45. The van der Waals surface area contributed by atoms with E-state index >= 15 is 0 Å². The van der Waals surface area contributed by atoms with Crippen LogP contribution in [0.25, 0.3) is 0 Å². The molecular weight excluding hydrogens is 210 g/mol. The Bertz CT molecular complexity index is 296. The van der Waals surface area contributed by atoms with E-state index in [2.05, 4.69) is 13.0 Å². The Balaban J connectivity index is 1.99. The van der Waals surface area contributed by atoms with Crippen LogP contribution >= 0.6 is 0 Å². The number of aliphatic hydroxyl groups excluding tert-OH is 1. The van der Waals surface area contributed by atoms with Crippen LogP contribution < -0.4 is 0 Å². The molecule has 2 saturated carbocycles. The van der Waals surface area contributed by atoms with Gasteiger partial charge in [-0.1, -0.05) is 13.3 Å². The van der Waals surface area contributed by atoms with Gasteiger partial charge in [0.05, 0.1) is 11.5 Å². The van der Waals surface area contributed by atoms with Crippen molar-refractivity contribution in [3.05, 3.63) is 0 Å². The van der Waals surface area contributed by atoms with Gasteiger partial charge in [0.2, 0.25) is 0 Å². The molecule has 4 atom stereocenters. The van der Waals surface area contributed by atoms with Gasteiger partial charge in [-0.25, -0.2) is 0 Å². The van der Waals surface area contributed by atoms with E-state index < -0.39 is 0 Å². The van der Waals surface area contributed by atoms with E-state index in [1.54, 1.807) is 0 Å². The molecule has 0 aromatic rings. The van der Waals surface area contributed by atoms with E-state index in [0.717, 1.165) is 37.5 Å². The van der Waals surface area contributed by atoms with Crippen molar-refractivity contribution in [2.45, 2.75) is 58.3 Å². The molecule has 2 heteroatoms. The Morgan fingerprint density at radius 2 is 2.12 bits per heavy atom. The van der Waals surface area contributed by atoms with E-state index in [-0.39, 0.29) is 5.41 Å². The first kappa shape index (κ1) is 12.9. The van der Waals surface area contributed by atoms with Gasteiger partial charge in [-0.2, -0.15) is 5.26 Å². The van der Waals surface area contributed by atoms with Crippen molar-refractivity contribution in [3.8, 4) is 6.07 Å². The molecule has 0 saturated heterocycles. The Morgan fingerprint density at radius 1 is 1.29 bits per heavy atom. The van der Waals surface area contributed by atoms with Crippen molar-refractivity contribution in [1.82, 2.24) is 0 Å². The Morgan fingerprint density at radius 3 is 2.76 bits per heavy atom. The maximum absolute atomic E-state index is 9.47. The summed E-state index contributed by atoms with van der Waals surface area (Å²) in [6.45, 7) is 2.55. The quantitative estimate of drug-likeness (QED) is 0.813. The van der Waals surface area contributed by atoms with E-state index in [0.29, 0.717) is 12.5 Å². The number of hydrogen-bond acceptors (Lipinski definition) is 2. The average molecular weight is 235 g/mol. The minimum Gasteiger partial charge on any atom is -0.396 e. The molecule has 2 unspecified atom stereocenters. The molecule has 96 valence electrons. The van der Waals surface area contributed by atoms with Gasteiger partial charge in [0, 0.05) is 6.61 Å². The van der Waals surface area contributed by atoms with Gasteiger partial charge in [0.25, 0.3) is 0 Å². The van der Waals surface area contributed by atoms with Crippen LogP contribution in [0, 0.1) is 34.5 Å². The lowest BCUT2D eigenvalue weighted by molar-refractivity contribution is 0.0478. The molecule has 0 aromatic heterocycles. The smallest absolute Gasteiger partial charge is 0.0689 e. The topological polar surface area (TPSA) is 44.0 Å². The zero-order valence-electron chi connectivity index (χ0n) is 11.0. The third-order valence-electron chi connectivity index (χ3n) is 5.12. The SMILES string of the molecule is CCC[C@]1(C#N)CC[C@@H]2CC(CO)CCC2C1. The van der Waals surface area contributed by atoms with Gasteiger partial charge in [-0.3, -0.25) is 0 Å². The predicted octanol–water partition coefficient (Wildman–Crippen LogP) is 3.51. The van der Waals surface area contributed by atoms with Crippen molar-refractivity contribution in [2.24, 2.45) is 23.2 Å². The summed E-state index contributed by atoms with van der Waals surface area (Å²) < 4.78 is 0. The fourth-order valence-electron chi connectivity index (χ4n) is 4.14. The van der Waals surface area contributed by atoms with E-state index in [1.807, 2.05) is 0 Å². The molecule has 1 N–H and O–H groups in total. The zero-order chi connectivity index (χ0) is 12.3. The number of hydrogen-bond donors (Lipinski definition) is 1. The summed E-state index contributed by atoms with van der Waals surface area (Å²) >= 11 is 0. The van der Waals surface area contributed by atoms with Crippen molar-refractivity contribution >= 4 is 0 Å². The molecule has 0 radical (unpaired) electrons.